The number of carbonyl (C=O) groups excluding carboxylic acids is 1. The Kier molecular flexibility index (Phi) is 8.12. The number of amides is 1. The largest absolute Gasteiger partial charge is 0.470 e. The highest BCUT2D eigenvalue weighted by Gasteiger charge is 2.33. The first-order valence-corrected chi connectivity index (χ1v) is 10.7. The number of phosphoric acid groups is 1. The van der Waals surface area contributed by atoms with E-state index in [4.69, 9.17) is 21.4 Å². The second kappa shape index (κ2) is 9.20. The maximum absolute atomic E-state index is 13.4. The van der Waals surface area contributed by atoms with Gasteiger partial charge in [0.05, 0.1) is 10.9 Å². The number of halogens is 3. The zero-order valence-corrected chi connectivity index (χ0v) is 15.8. The number of benzene rings is 1. The number of carbonyl (C=O) groups is 1. The van der Waals surface area contributed by atoms with Crippen molar-refractivity contribution >= 4 is 35.2 Å². The summed E-state index contributed by atoms with van der Waals surface area (Å²) >= 11 is 5.57. The summed E-state index contributed by atoms with van der Waals surface area (Å²) in [5.41, 5.74) is -0.0451. The van der Waals surface area contributed by atoms with Crippen LogP contribution in [0.1, 0.15) is 18.6 Å². The molecule has 0 bridgehead atoms. The number of nitrogens with one attached hydrogen (secondary N) is 1. The first kappa shape index (κ1) is 22.9. The lowest BCUT2D eigenvalue weighted by Crippen LogP contribution is -2.44. The molecule has 0 aromatic heterocycles. The van der Waals surface area contributed by atoms with Crippen LogP contribution in [0, 0.1) is 0 Å². The predicted octanol–water partition coefficient (Wildman–Crippen LogP) is 1.62. The highest BCUT2D eigenvalue weighted by Crippen LogP contribution is 2.43. The van der Waals surface area contributed by atoms with Crippen molar-refractivity contribution in [1.82, 2.24) is 5.32 Å². The van der Waals surface area contributed by atoms with Crippen molar-refractivity contribution in [1.29, 1.82) is 0 Å². The van der Waals surface area contributed by atoms with Crippen LogP contribution in [0.3, 0.4) is 0 Å². The molecule has 3 N–H and O–H groups in total. The van der Waals surface area contributed by atoms with Gasteiger partial charge >= 0.3 is 7.82 Å². The molecule has 1 aromatic carbocycles. The van der Waals surface area contributed by atoms with Crippen LogP contribution in [-0.2, 0) is 23.7 Å². The van der Waals surface area contributed by atoms with E-state index in [0.717, 1.165) is 24.3 Å². The van der Waals surface area contributed by atoms with Crippen LogP contribution >= 0.6 is 19.4 Å². The van der Waals surface area contributed by atoms with Crippen molar-refractivity contribution in [3.8, 4) is 0 Å². The minimum atomic E-state index is -5.10. The number of hydrogen-bond acceptors (Lipinski definition) is 5. The van der Waals surface area contributed by atoms with Crippen molar-refractivity contribution in [2.24, 2.45) is 0 Å². The van der Waals surface area contributed by atoms with Gasteiger partial charge in [0, 0.05) is 0 Å². The summed E-state index contributed by atoms with van der Waals surface area (Å²) in [4.78, 5) is 29.4. The number of sulfone groups is 1. The Morgan fingerprint density at radius 3 is 2.23 bits per heavy atom. The van der Waals surface area contributed by atoms with Gasteiger partial charge < -0.3 is 15.1 Å². The molecule has 0 saturated carbocycles. The lowest BCUT2D eigenvalue weighted by atomic mass is 10.0. The summed E-state index contributed by atoms with van der Waals surface area (Å²) < 4.78 is 64.6. The Balaban J connectivity index is 3.24. The van der Waals surface area contributed by atoms with Gasteiger partial charge in [-0.2, -0.15) is 0 Å². The van der Waals surface area contributed by atoms with Crippen molar-refractivity contribution in [3.63, 3.8) is 0 Å². The Hall–Kier alpha value is -1.10. The van der Waals surface area contributed by atoms with Crippen LogP contribution in [-0.4, -0.2) is 48.2 Å². The van der Waals surface area contributed by atoms with E-state index >= 15 is 0 Å². The van der Waals surface area contributed by atoms with Gasteiger partial charge in [-0.1, -0.05) is 12.1 Å². The SMILES string of the molecule is CC(Cl)C(=O)N[C@H](CF)[C@H](OP(=O)(O)O)c1ccc(S(=O)(=O)CF)cc1. The third-order valence-electron chi connectivity index (χ3n) is 3.18. The molecule has 8 nitrogen and oxygen atoms in total. The summed E-state index contributed by atoms with van der Waals surface area (Å²) in [6.45, 7) is 0.0478. The fourth-order valence-corrected chi connectivity index (χ4v) is 3.24. The number of rotatable bonds is 9. The van der Waals surface area contributed by atoms with Crippen LogP contribution in [0.2, 0.25) is 0 Å². The quantitative estimate of drug-likeness (QED) is 0.397. The summed E-state index contributed by atoms with van der Waals surface area (Å²) in [5.74, 6) is -0.801. The summed E-state index contributed by atoms with van der Waals surface area (Å²) in [5, 5.41) is 1.11. The fourth-order valence-electron chi connectivity index (χ4n) is 1.94. The zero-order chi connectivity index (χ0) is 20.1. The molecule has 0 fully saturated rings. The van der Waals surface area contributed by atoms with Gasteiger partial charge in [-0.05, 0) is 24.6 Å². The fraction of sp³-hybridized carbons (Fsp3) is 0.462. The standard InChI is InChI=1S/C13H17ClF2NO7PS/c1-8(14)13(18)17-11(6-15)12(24-25(19,20)21)9-2-4-10(5-3-9)26(22,23)7-16/h2-5,8,11-12H,6-7H2,1H3,(H,17,18)(H2,19,20,21)/t8?,11-,12-/m1/s1. The van der Waals surface area contributed by atoms with Crippen molar-refractivity contribution < 1.29 is 40.9 Å². The van der Waals surface area contributed by atoms with Crippen LogP contribution < -0.4 is 5.32 Å². The van der Waals surface area contributed by atoms with Gasteiger partial charge in [0.15, 0.2) is 6.01 Å². The lowest BCUT2D eigenvalue weighted by Gasteiger charge is -2.27. The zero-order valence-electron chi connectivity index (χ0n) is 13.4. The van der Waals surface area contributed by atoms with Gasteiger partial charge in [-0.15, -0.1) is 11.6 Å². The maximum Gasteiger partial charge on any atom is 0.470 e. The van der Waals surface area contributed by atoms with E-state index in [-0.39, 0.29) is 10.5 Å². The Morgan fingerprint density at radius 1 is 1.31 bits per heavy atom. The molecule has 26 heavy (non-hydrogen) atoms. The van der Waals surface area contributed by atoms with E-state index in [2.05, 4.69) is 9.84 Å². The average molecular weight is 436 g/mol. The second-order valence-corrected chi connectivity index (χ2v) is 8.96. The van der Waals surface area contributed by atoms with Crippen molar-refractivity contribution in [3.05, 3.63) is 29.8 Å². The molecule has 0 saturated heterocycles. The first-order chi connectivity index (χ1) is 11.9. The molecule has 0 heterocycles. The number of phosphoric ester groups is 1. The molecule has 1 rings (SSSR count). The third kappa shape index (κ3) is 6.57. The smallest absolute Gasteiger partial charge is 0.346 e. The van der Waals surface area contributed by atoms with Crippen LogP contribution in [0.5, 0.6) is 0 Å². The molecular formula is C13H17ClF2NO7PS. The second-order valence-electron chi connectivity index (χ2n) is 5.19. The lowest BCUT2D eigenvalue weighted by molar-refractivity contribution is -0.122. The van der Waals surface area contributed by atoms with Crippen molar-refractivity contribution in [2.45, 2.75) is 29.3 Å². The van der Waals surface area contributed by atoms with E-state index in [1.807, 2.05) is 0 Å². The van der Waals surface area contributed by atoms with Crippen LogP contribution in [0.25, 0.3) is 0 Å². The van der Waals surface area contributed by atoms with Gasteiger partial charge in [0.25, 0.3) is 0 Å². The highest BCUT2D eigenvalue weighted by atomic mass is 35.5. The van der Waals surface area contributed by atoms with Crippen molar-refractivity contribution in [2.75, 3.05) is 12.7 Å². The summed E-state index contributed by atoms with van der Waals surface area (Å²) in [6, 6.07) is 0.943. The number of alkyl halides is 3. The Bertz CT molecular complexity index is 769. The number of hydrogen-bond donors (Lipinski definition) is 3. The molecule has 3 atom stereocenters. The van der Waals surface area contributed by atoms with E-state index in [1.54, 1.807) is 0 Å². The normalized spacial score (nSPS) is 15.9. The monoisotopic (exact) mass is 435 g/mol. The topological polar surface area (TPSA) is 130 Å². The molecule has 1 unspecified atom stereocenters. The Morgan fingerprint density at radius 2 is 1.85 bits per heavy atom. The van der Waals surface area contributed by atoms with Gasteiger partial charge in [0.1, 0.15) is 18.2 Å². The molecule has 0 aliphatic carbocycles. The summed E-state index contributed by atoms with van der Waals surface area (Å²) in [7, 11) is -9.25. The molecular weight excluding hydrogens is 419 g/mol. The van der Waals surface area contributed by atoms with E-state index in [0.29, 0.717) is 0 Å². The average Bonchev–Trinajstić information content (AvgIpc) is 2.56. The van der Waals surface area contributed by atoms with E-state index < -0.39 is 53.8 Å². The first-order valence-electron chi connectivity index (χ1n) is 7.04. The minimum Gasteiger partial charge on any atom is -0.346 e. The van der Waals surface area contributed by atoms with Gasteiger partial charge in [0.2, 0.25) is 15.7 Å². The molecule has 0 spiro atoms. The third-order valence-corrected chi connectivity index (χ3v) is 5.16. The van der Waals surface area contributed by atoms with Gasteiger partial charge in [-0.3, -0.25) is 9.32 Å². The molecule has 148 valence electrons. The summed E-state index contributed by atoms with van der Waals surface area (Å²) in [6.07, 6.45) is -1.65. The molecule has 1 amide bonds. The Labute approximate surface area is 153 Å². The molecule has 13 heteroatoms. The van der Waals surface area contributed by atoms with E-state index in [1.165, 1.54) is 6.92 Å². The maximum atomic E-state index is 13.4. The highest BCUT2D eigenvalue weighted by molar-refractivity contribution is 7.91. The van der Waals surface area contributed by atoms with Crippen LogP contribution in [0.15, 0.2) is 29.2 Å². The predicted molar refractivity (Wildman–Crippen MR) is 88.7 cm³/mol. The van der Waals surface area contributed by atoms with E-state index in [9.17, 15) is 26.6 Å². The minimum absolute atomic E-state index is 0.0451. The molecule has 0 aliphatic heterocycles. The molecule has 1 aromatic rings. The molecule has 0 radical (unpaired) electrons. The van der Waals surface area contributed by atoms with Gasteiger partial charge in [-0.25, -0.2) is 21.8 Å². The molecule has 0 aliphatic rings. The van der Waals surface area contributed by atoms with Crippen LogP contribution in [0.4, 0.5) is 8.78 Å².